The Hall–Kier alpha value is -1.05. The number of rotatable bonds is 4. The van der Waals surface area contributed by atoms with Crippen molar-refractivity contribution in [3.05, 3.63) is 0 Å². The number of hydrogen-bond donors (Lipinski definition) is 1. The molecule has 1 atom stereocenters. The van der Waals surface area contributed by atoms with Gasteiger partial charge >= 0.3 is 5.97 Å². The van der Waals surface area contributed by atoms with Gasteiger partial charge in [-0.05, 0) is 27.2 Å². The van der Waals surface area contributed by atoms with E-state index in [1.807, 2.05) is 13.8 Å². The molecule has 1 N–H and O–H groups in total. The Morgan fingerprint density at radius 3 is 2.82 bits per heavy atom. The maximum Gasteiger partial charge on any atom is 0.326 e. The maximum absolute atomic E-state index is 12.1. The van der Waals surface area contributed by atoms with E-state index < -0.39 is 5.54 Å². The molecule has 17 heavy (non-hydrogen) atoms. The summed E-state index contributed by atoms with van der Waals surface area (Å²) in [7, 11) is 0. The maximum atomic E-state index is 12.1. The van der Waals surface area contributed by atoms with Crippen molar-refractivity contribution < 1.29 is 14.3 Å². The molecule has 4 nitrogen and oxygen atoms in total. The lowest BCUT2D eigenvalue weighted by Gasteiger charge is -2.43. The predicted molar refractivity (Wildman–Crippen MR) is 65.5 cm³/mol. The molecule has 1 rings (SSSR count). The van der Waals surface area contributed by atoms with Crippen molar-refractivity contribution in [2.45, 2.75) is 44.8 Å². The number of ether oxygens (including phenoxy) is 2. The summed E-state index contributed by atoms with van der Waals surface area (Å²) in [4.78, 5) is 12.1. The molecule has 1 aliphatic rings. The largest absolute Gasteiger partial charge is 0.465 e. The highest BCUT2D eigenvalue weighted by Gasteiger charge is 2.47. The third-order valence-electron chi connectivity index (χ3n) is 2.94. The lowest BCUT2D eigenvalue weighted by molar-refractivity contribution is -0.163. The SMILES string of the molecule is C#CCNC1(C(=O)OCC)CCOC(C)(C)C1. The molecule has 4 heteroatoms. The second-order valence-corrected chi connectivity index (χ2v) is 4.90. The highest BCUT2D eigenvalue weighted by atomic mass is 16.5. The molecular weight excluding hydrogens is 218 g/mol. The molecule has 1 aliphatic heterocycles. The average molecular weight is 239 g/mol. The van der Waals surface area contributed by atoms with Gasteiger partial charge in [-0.15, -0.1) is 6.42 Å². The van der Waals surface area contributed by atoms with Crippen LogP contribution in [0.15, 0.2) is 0 Å². The van der Waals surface area contributed by atoms with Gasteiger partial charge in [-0.2, -0.15) is 0 Å². The van der Waals surface area contributed by atoms with Crippen LogP contribution in [0.1, 0.15) is 33.6 Å². The van der Waals surface area contributed by atoms with Crippen molar-refractivity contribution in [2.75, 3.05) is 19.8 Å². The number of carbonyl (C=O) groups is 1. The van der Waals surface area contributed by atoms with Gasteiger partial charge in [0, 0.05) is 13.0 Å². The van der Waals surface area contributed by atoms with Crippen molar-refractivity contribution in [1.29, 1.82) is 0 Å². The quantitative estimate of drug-likeness (QED) is 0.589. The smallest absolute Gasteiger partial charge is 0.326 e. The van der Waals surface area contributed by atoms with Crippen LogP contribution in [0.25, 0.3) is 0 Å². The average Bonchev–Trinajstić information content (AvgIpc) is 2.25. The number of hydrogen-bond acceptors (Lipinski definition) is 4. The van der Waals surface area contributed by atoms with E-state index in [0.29, 0.717) is 32.6 Å². The Balaban J connectivity index is 2.85. The molecule has 0 aromatic carbocycles. The first-order valence-electron chi connectivity index (χ1n) is 5.95. The summed E-state index contributed by atoms with van der Waals surface area (Å²) < 4.78 is 10.8. The summed E-state index contributed by atoms with van der Waals surface area (Å²) in [5.74, 6) is 2.27. The fourth-order valence-electron chi connectivity index (χ4n) is 2.25. The van der Waals surface area contributed by atoms with E-state index in [1.54, 1.807) is 6.92 Å². The zero-order valence-corrected chi connectivity index (χ0v) is 10.8. The molecule has 1 heterocycles. The minimum atomic E-state index is -0.704. The van der Waals surface area contributed by atoms with E-state index in [0.717, 1.165) is 0 Å². The lowest BCUT2D eigenvalue weighted by Crippen LogP contribution is -2.60. The highest BCUT2D eigenvalue weighted by molar-refractivity contribution is 5.81. The van der Waals surface area contributed by atoms with Gasteiger partial charge < -0.3 is 9.47 Å². The van der Waals surface area contributed by atoms with Gasteiger partial charge in [0.2, 0.25) is 0 Å². The van der Waals surface area contributed by atoms with E-state index in [1.165, 1.54) is 0 Å². The molecule has 1 saturated heterocycles. The van der Waals surface area contributed by atoms with Crippen LogP contribution >= 0.6 is 0 Å². The van der Waals surface area contributed by atoms with Crippen molar-refractivity contribution in [3.63, 3.8) is 0 Å². The third-order valence-corrected chi connectivity index (χ3v) is 2.94. The summed E-state index contributed by atoms with van der Waals surface area (Å²) in [6.45, 7) is 7.00. The van der Waals surface area contributed by atoms with Crippen molar-refractivity contribution in [3.8, 4) is 12.3 Å². The Morgan fingerprint density at radius 2 is 2.29 bits per heavy atom. The second kappa shape index (κ2) is 5.52. The molecule has 1 fully saturated rings. The van der Waals surface area contributed by atoms with Gasteiger partial charge in [-0.1, -0.05) is 5.92 Å². The molecule has 0 amide bonds. The molecular formula is C13H21NO3. The standard InChI is InChI=1S/C13H21NO3/c1-5-8-14-13(11(15)16-6-2)7-9-17-12(3,4)10-13/h1,14H,6-10H2,2-4H3. The highest BCUT2D eigenvalue weighted by Crippen LogP contribution is 2.32. The number of terminal acetylenes is 1. The monoisotopic (exact) mass is 239 g/mol. The lowest BCUT2D eigenvalue weighted by atomic mass is 9.81. The summed E-state index contributed by atoms with van der Waals surface area (Å²) in [5, 5.41) is 3.13. The van der Waals surface area contributed by atoms with Crippen LogP contribution < -0.4 is 5.32 Å². The topological polar surface area (TPSA) is 47.6 Å². The van der Waals surface area contributed by atoms with E-state index in [2.05, 4.69) is 11.2 Å². The van der Waals surface area contributed by atoms with Crippen LogP contribution in [-0.4, -0.2) is 36.9 Å². The zero-order valence-electron chi connectivity index (χ0n) is 10.8. The van der Waals surface area contributed by atoms with Crippen LogP contribution in [0.4, 0.5) is 0 Å². The Morgan fingerprint density at radius 1 is 1.59 bits per heavy atom. The summed E-state index contributed by atoms with van der Waals surface area (Å²) in [5.41, 5.74) is -1.04. The predicted octanol–water partition coefficient (Wildman–Crippen LogP) is 1.10. The normalized spacial score (nSPS) is 27.2. The van der Waals surface area contributed by atoms with Crippen molar-refractivity contribution in [2.24, 2.45) is 0 Å². The molecule has 0 bridgehead atoms. The molecule has 0 spiro atoms. The molecule has 1 unspecified atom stereocenters. The van der Waals surface area contributed by atoms with Crippen LogP contribution in [0, 0.1) is 12.3 Å². The first kappa shape index (κ1) is 14.0. The van der Waals surface area contributed by atoms with Crippen LogP contribution in [0.5, 0.6) is 0 Å². The van der Waals surface area contributed by atoms with E-state index in [4.69, 9.17) is 15.9 Å². The fourth-order valence-corrected chi connectivity index (χ4v) is 2.25. The van der Waals surface area contributed by atoms with Crippen molar-refractivity contribution >= 4 is 5.97 Å². The number of esters is 1. The van der Waals surface area contributed by atoms with Gasteiger partial charge in [0.25, 0.3) is 0 Å². The van der Waals surface area contributed by atoms with Gasteiger partial charge in [-0.25, -0.2) is 0 Å². The summed E-state index contributed by atoms with van der Waals surface area (Å²) in [6, 6.07) is 0. The minimum absolute atomic E-state index is 0.230. The van der Waals surface area contributed by atoms with Crippen LogP contribution in [0.2, 0.25) is 0 Å². The van der Waals surface area contributed by atoms with Gasteiger partial charge in [-0.3, -0.25) is 10.1 Å². The molecule has 96 valence electrons. The van der Waals surface area contributed by atoms with Gasteiger partial charge in [0.05, 0.1) is 18.8 Å². The van der Waals surface area contributed by atoms with E-state index in [9.17, 15) is 4.79 Å². The van der Waals surface area contributed by atoms with Crippen molar-refractivity contribution in [1.82, 2.24) is 5.32 Å². The van der Waals surface area contributed by atoms with E-state index in [-0.39, 0.29) is 11.6 Å². The summed E-state index contributed by atoms with van der Waals surface area (Å²) in [6.07, 6.45) is 6.41. The number of nitrogens with one attached hydrogen (secondary N) is 1. The number of carbonyl (C=O) groups excluding carboxylic acids is 1. The zero-order chi connectivity index (χ0) is 12.9. The fraction of sp³-hybridized carbons (Fsp3) is 0.769. The molecule has 0 aliphatic carbocycles. The van der Waals surface area contributed by atoms with Crippen LogP contribution in [-0.2, 0) is 14.3 Å². The van der Waals surface area contributed by atoms with E-state index >= 15 is 0 Å². The molecule has 0 aromatic heterocycles. The first-order valence-corrected chi connectivity index (χ1v) is 5.95. The van der Waals surface area contributed by atoms with Gasteiger partial charge in [0.1, 0.15) is 5.54 Å². The third kappa shape index (κ3) is 3.45. The first-order chi connectivity index (χ1) is 7.96. The molecule has 0 saturated carbocycles. The Labute approximate surface area is 103 Å². The van der Waals surface area contributed by atoms with Gasteiger partial charge in [0.15, 0.2) is 0 Å². The Kier molecular flexibility index (Phi) is 4.55. The van der Waals surface area contributed by atoms with Crippen LogP contribution in [0.3, 0.4) is 0 Å². The molecule has 0 radical (unpaired) electrons. The summed E-state index contributed by atoms with van der Waals surface area (Å²) >= 11 is 0. The molecule has 0 aromatic rings. The second-order valence-electron chi connectivity index (χ2n) is 4.90. The minimum Gasteiger partial charge on any atom is -0.465 e. The Bertz CT molecular complexity index is 319.